The van der Waals surface area contributed by atoms with Gasteiger partial charge in [0, 0.05) is 11.8 Å². The highest BCUT2D eigenvalue weighted by Crippen LogP contribution is 2.44. The summed E-state index contributed by atoms with van der Waals surface area (Å²) >= 11 is 0. The zero-order valence-corrected chi connectivity index (χ0v) is 14.1. The Balaban J connectivity index is 2.20. The fraction of sp³-hybridized carbons (Fsp3) is 0.471. The lowest BCUT2D eigenvalue weighted by atomic mass is 9.94. The minimum atomic E-state index is -1.26. The minimum absolute atomic E-state index is 0.132. The van der Waals surface area contributed by atoms with Crippen LogP contribution in [0.25, 0.3) is 10.9 Å². The van der Waals surface area contributed by atoms with Crippen molar-refractivity contribution in [3.63, 3.8) is 0 Å². The SMILES string of the molecule is COc1nc2c3c(ccc2c(OC)c1CC(O)C(C)(C)O)OCO3. The molecular formula is C17H21NO6. The van der Waals surface area contributed by atoms with E-state index in [1.54, 1.807) is 27.0 Å². The van der Waals surface area contributed by atoms with Gasteiger partial charge in [0.2, 0.25) is 12.7 Å². The van der Waals surface area contributed by atoms with E-state index in [9.17, 15) is 10.2 Å². The number of benzene rings is 1. The highest BCUT2D eigenvalue weighted by atomic mass is 16.7. The Morgan fingerprint density at radius 2 is 2.00 bits per heavy atom. The van der Waals surface area contributed by atoms with Crippen LogP contribution in [0.15, 0.2) is 12.1 Å². The molecule has 2 heterocycles. The quantitative estimate of drug-likeness (QED) is 0.858. The van der Waals surface area contributed by atoms with E-state index < -0.39 is 11.7 Å². The van der Waals surface area contributed by atoms with Gasteiger partial charge in [-0.2, -0.15) is 0 Å². The fourth-order valence-corrected chi connectivity index (χ4v) is 2.71. The average molecular weight is 335 g/mol. The van der Waals surface area contributed by atoms with E-state index in [0.29, 0.717) is 34.2 Å². The van der Waals surface area contributed by atoms with Gasteiger partial charge in [0.25, 0.3) is 0 Å². The molecule has 0 saturated carbocycles. The summed E-state index contributed by atoms with van der Waals surface area (Å²) in [5.41, 5.74) is -0.110. The van der Waals surface area contributed by atoms with Crippen LogP contribution >= 0.6 is 0 Å². The first-order valence-electron chi connectivity index (χ1n) is 7.60. The van der Waals surface area contributed by atoms with Crippen molar-refractivity contribution in [2.45, 2.75) is 32.0 Å². The van der Waals surface area contributed by atoms with Crippen molar-refractivity contribution in [3.05, 3.63) is 17.7 Å². The molecule has 0 spiro atoms. The lowest BCUT2D eigenvalue weighted by molar-refractivity contribution is -0.0473. The molecule has 130 valence electrons. The van der Waals surface area contributed by atoms with Crippen molar-refractivity contribution < 1.29 is 29.2 Å². The zero-order valence-electron chi connectivity index (χ0n) is 14.1. The number of aliphatic hydroxyl groups is 2. The van der Waals surface area contributed by atoms with Gasteiger partial charge in [0.05, 0.1) is 31.5 Å². The van der Waals surface area contributed by atoms with Gasteiger partial charge in [-0.25, -0.2) is 4.98 Å². The first kappa shape index (κ1) is 16.6. The van der Waals surface area contributed by atoms with Crippen LogP contribution in [0.3, 0.4) is 0 Å². The van der Waals surface area contributed by atoms with Crippen LogP contribution < -0.4 is 18.9 Å². The largest absolute Gasteiger partial charge is 0.496 e. The van der Waals surface area contributed by atoms with E-state index >= 15 is 0 Å². The molecule has 0 saturated heterocycles. The Hall–Kier alpha value is -2.25. The Morgan fingerprint density at radius 1 is 1.25 bits per heavy atom. The third-order valence-corrected chi connectivity index (χ3v) is 4.11. The average Bonchev–Trinajstić information content (AvgIpc) is 3.01. The summed E-state index contributed by atoms with van der Waals surface area (Å²) in [5, 5.41) is 21.0. The van der Waals surface area contributed by atoms with Gasteiger partial charge < -0.3 is 29.2 Å². The van der Waals surface area contributed by atoms with Crippen LogP contribution in [0.1, 0.15) is 19.4 Å². The van der Waals surface area contributed by atoms with Gasteiger partial charge in [-0.15, -0.1) is 0 Å². The molecule has 0 bridgehead atoms. The fourth-order valence-electron chi connectivity index (χ4n) is 2.71. The normalized spacial score (nSPS) is 14.8. The molecule has 1 aromatic carbocycles. The van der Waals surface area contributed by atoms with Gasteiger partial charge in [-0.1, -0.05) is 0 Å². The smallest absolute Gasteiger partial charge is 0.231 e. The van der Waals surface area contributed by atoms with E-state index in [-0.39, 0.29) is 13.2 Å². The minimum Gasteiger partial charge on any atom is -0.496 e. The molecule has 1 aromatic heterocycles. The summed E-state index contributed by atoms with van der Waals surface area (Å²) in [6.07, 6.45) is -0.874. The molecule has 1 atom stereocenters. The molecule has 2 N–H and O–H groups in total. The summed E-state index contributed by atoms with van der Waals surface area (Å²) in [7, 11) is 3.03. The second kappa shape index (κ2) is 5.99. The van der Waals surface area contributed by atoms with Gasteiger partial charge in [-0.05, 0) is 26.0 Å². The number of hydrogen-bond donors (Lipinski definition) is 2. The van der Waals surface area contributed by atoms with Gasteiger partial charge >= 0.3 is 0 Å². The number of fused-ring (bicyclic) bond motifs is 3. The maximum absolute atomic E-state index is 10.3. The lowest BCUT2D eigenvalue weighted by Crippen LogP contribution is -2.37. The molecule has 7 heteroatoms. The van der Waals surface area contributed by atoms with Crippen molar-refractivity contribution in [1.82, 2.24) is 4.98 Å². The second-order valence-corrected chi connectivity index (χ2v) is 6.20. The number of aromatic nitrogens is 1. The molecule has 1 unspecified atom stereocenters. The van der Waals surface area contributed by atoms with Crippen LogP contribution in [0, 0.1) is 0 Å². The summed E-state index contributed by atoms with van der Waals surface area (Å²) in [6, 6.07) is 3.62. The van der Waals surface area contributed by atoms with E-state index in [1.807, 2.05) is 6.07 Å². The molecule has 0 aliphatic carbocycles. The maximum Gasteiger partial charge on any atom is 0.231 e. The van der Waals surface area contributed by atoms with Gasteiger partial charge in [-0.3, -0.25) is 0 Å². The van der Waals surface area contributed by atoms with E-state index in [1.165, 1.54) is 7.11 Å². The van der Waals surface area contributed by atoms with E-state index in [4.69, 9.17) is 18.9 Å². The van der Waals surface area contributed by atoms with Gasteiger partial charge in [0.1, 0.15) is 11.3 Å². The molecule has 2 aromatic rings. The summed E-state index contributed by atoms with van der Waals surface area (Å²) in [5.74, 6) is 1.99. The van der Waals surface area contributed by atoms with E-state index in [2.05, 4.69) is 4.98 Å². The highest BCUT2D eigenvalue weighted by molar-refractivity contribution is 5.94. The number of hydrogen-bond acceptors (Lipinski definition) is 7. The molecule has 1 aliphatic heterocycles. The Morgan fingerprint density at radius 3 is 2.62 bits per heavy atom. The third-order valence-electron chi connectivity index (χ3n) is 4.11. The Kier molecular flexibility index (Phi) is 4.15. The second-order valence-electron chi connectivity index (χ2n) is 6.20. The first-order valence-corrected chi connectivity index (χ1v) is 7.60. The summed E-state index contributed by atoms with van der Waals surface area (Å²) in [4.78, 5) is 4.51. The highest BCUT2D eigenvalue weighted by Gasteiger charge is 2.30. The Labute approximate surface area is 139 Å². The molecular weight excluding hydrogens is 314 g/mol. The molecule has 0 amide bonds. The van der Waals surface area contributed by atoms with Crippen molar-refractivity contribution in [2.24, 2.45) is 0 Å². The molecule has 1 aliphatic rings. The number of methoxy groups -OCH3 is 2. The number of nitrogens with zero attached hydrogens (tertiary/aromatic N) is 1. The molecule has 3 rings (SSSR count). The summed E-state index contributed by atoms with van der Waals surface area (Å²) < 4.78 is 21.8. The topological polar surface area (TPSA) is 90.3 Å². The maximum atomic E-state index is 10.3. The Bertz CT molecular complexity index is 768. The number of pyridine rings is 1. The number of aliphatic hydroxyl groups excluding tert-OH is 1. The van der Waals surface area contributed by atoms with Crippen molar-refractivity contribution in [3.8, 4) is 23.1 Å². The molecule has 7 nitrogen and oxygen atoms in total. The van der Waals surface area contributed by atoms with Crippen LogP contribution in [-0.2, 0) is 6.42 Å². The van der Waals surface area contributed by atoms with Crippen LogP contribution in [0.5, 0.6) is 23.1 Å². The lowest BCUT2D eigenvalue weighted by Gasteiger charge is -2.26. The number of rotatable bonds is 5. The van der Waals surface area contributed by atoms with Crippen LogP contribution in [0.2, 0.25) is 0 Å². The van der Waals surface area contributed by atoms with Crippen molar-refractivity contribution in [1.29, 1.82) is 0 Å². The summed E-state index contributed by atoms with van der Waals surface area (Å²) in [6.45, 7) is 3.23. The third kappa shape index (κ3) is 2.70. The van der Waals surface area contributed by atoms with Crippen molar-refractivity contribution in [2.75, 3.05) is 21.0 Å². The zero-order chi connectivity index (χ0) is 17.5. The predicted molar refractivity (Wildman–Crippen MR) is 87.0 cm³/mol. The van der Waals surface area contributed by atoms with Crippen LogP contribution in [0.4, 0.5) is 0 Å². The monoisotopic (exact) mass is 335 g/mol. The predicted octanol–water partition coefficient (Wildman–Crippen LogP) is 1.65. The first-order chi connectivity index (χ1) is 11.4. The molecule has 0 fully saturated rings. The van der Waals surface area contributed by atoms with Crippen molar-refractivity contribution >= 4 is 10.9 Å². The number of ether oxygens (including phenoxy) is 4. The molecule has 0 radical (unpaired) electrons. The standard InChI is InChI=1S/C17H21NO6/c1-17(2,20)12(19)7-10-14(21-3)9-5-6-11-15(24-8-23-11)13(9)18-16(10)22-4/h5-6,12,19-20H,7-8H2,1-4H3. The van der Waals surface area contributed by atoms with Gasteiger partial charge in [0.15, 0.2) is 11.5 Å². The van der Waals surface area contributed by atoms with E-state index in [0.717, 1.165) is 5.39 Å². The van der Waals surface area contributed by atoms with Crippen LogP contribution in [-0.4, -0.2) is 47.9 Å². The molecule has 24 heavy (non-hydrogen) atoms.